The Bertz CT molecular complexity index is 385. The first kappa shape index (κ1) is 9.45. The van der Waals surface area contributed by atoms with Gasteiger partial charge in [-0.25, -0.2) is 4.39 Å². The number of nitrogens with zero attached hydrogens (tertiary/aromatic N) is 1. The standard InChI is InChI=1S/C9H8BrFN2O/c10-6-3-5(11)4-7(12)9(6)13-2-1-8(13)14/h3-4H,1-2,12H2. The van der Waals surface area contributed by atoms with Crippen molar-refractivity contribution >= 4 is 33.2 Å². The predicted molar refractivity (Wildman–Crippen MR) is 55.5 cm³/mol. The molecule has 1 amide bonds. The van der Waals surface area contributed by atoms with Gasteiger partial charge >= 0.3 is 0 Å². The van der Waals surface area contributed by atoms with E-state index in [0.717, 1.165) is 0 Å². The van der Waals surface area contributed by atoms with Crippen LogP contribution in [-0.4, -0.2) is 12.5 Å². The summed E-state index contributed by atoms with van der Waals surface area (Å²) in [6.07, 6.45) is 0.531. The second kappa shape index (κ2) is 3.24. The third-order valence-corrected chi connectivity index (χ3v) is 2.78. The van der Waals surface area contributed by atoms with Crippen LogP contribution in [0.3, 0.4) is 0 Å². The van der Waals surface area contributed by atoms with Gasteiger partial charge in [-0.05, 0) is 28.1 Å². The summed E-state index contributed by atoms with van der Waals surface area (Å²) in [5.74, 6) is -0.393. The van der Waals surface area contributed by atoms with Crippen molar-refractivity contribution in [3.05, 3.63) is 22.4 Å². The number of amides is 1. The Morgan fingerprint density at radius 2 is 2.21 bits per heavy atom. The SMILES string of the molecule is Nc1cc(F)cc(Br)c1N1CCC1=O. The summed E-state index contributed by atoms with van der Waals surface area (Å²) in [6.45, 7) is 0.646. The summed E-state index contributed by atoms with van der Waals surface area (Å²) in [6, 6.07) is 2.52. The number of benzene rings is 1. The topological polar surface area (TPSA) is 46.3 Å². The number of nitrogen functional groups attached to an aromatic ring is 1. The predicted octanol–water partition coefficient (Wildman–Crippen LogP) is 1.91. The summed E-state index contributed by atoms with van der Waals surface area (Å²) in [5.41, 5.74) is 6.49. The van der Waals surface area contributed by atoms with Gasteiger partial charge in [0.05, 0.1) is 11.4 Å². The van der Waals surface area contributed by atoms with Crippen LogP contribution >= 0.6 is 15.9 Å². The molecule has 0 spiro atoms. The molecule has 2 N–H and O–H groups in total. The van der Waals surface area contributed by atoms with Gasteiger partial charge in [-0.2, -0.15) is 0 Å². The van der Waals surface area contributed by atoms with Crippen LogP contribution in [0.15, 0.2) is 16.6 Å². The highest BCUT2D eigenvalue weighted by atomic mass is 79.9. The first-order valence-electron chi connectivity index (χ1n) is 4.14. The highest BCUT2D eigenvalue weighted by Crippen LogP contribution is 2.36. The fraction of sp³-hybridized carbons (Fsp3) is 0.222. The first-order valence-corrected chi connectivity index (χ1v) is 4.94. The molecule has 74 valence electrons. The Kier molecular flexibility index (Phi) is 2.19. The van der Waals surface area contributed by atoms with Gasteiger partial charge in [0.1, 0.15) is 5.82 Å². The zero-order chi connectivity index (χ0) is 10.3. The van der Waals surface area contributed by atoms with E-state index in [4.69, 9.17) is 5.73 Å². The van der Waals surface area contributed by atoms with Gasteiger partial charge in [0, 0.05) is 17.4 Å². The maximum Gasteiger partial charge on any atom is 0.228 e. The highest BCUT2D eigenvalue weighted by molar-refractivity contribution is 9.10. The molecule has 0 bridgehead atoms. The van der Waals surface area contributed by atoms with E-state index in [-0.39, 0.29) is 11.6 Å². The van der Waals surface area contributed by atoms with Crippen LogP contribution in [0.25, 0.3) is 0 Å². The fourth-order valence-corrected chi connectivity index (χ4v) is 2.08. The van der Waals surface area contributed by atoms with Crippen molar-refractivity contribution in [1.29, 1.82) is 0 Å². The fourth-order valence-electron chi connectivity index (χ4n) is 1.42. The summed E-state index contributed by atoms with van der Waals surface area (Å²) < 4.78 is 13.4. The van der Waals surface area contributed by atoms with E-state index < -0.39 is 5.82 Å². The van der Waals surface area contributed by atoms with Crippen LogP contribution in [0.1, 0.15) is 6.42 Å². The lowest BCUT2D eigenvalue weighted by atomic mass is 10.1. The van der Waals surface area contributed by atoms with E-state index in [1.54, 1.807) is 4.90 Å². The van der Waals surface area contributed by atoms with Gasteiger partial charge < -0.3 is 10.6 Å². The molecule has 1 aliphatic rings. The van der Waals surface area contributed by atoms with E-state index in [0.29, 0.717) is 23.1 Å². The molecule has 0 unspecified atom stereocenters. The number of nitrogens with two attached hydrogens (primary N) is 1. The van der Waals surface area contributed by atoms with Gasteiger partial charge in [-0.3, -0.25) is 4.79 Å². The normalized spacial score (nSPS) is 15.6. The van der Waals surface area contributed by atoms with Crippen molar-refractivity contribution < 1.29 is 9.18 Å². The molecule has 0 saturated carbocycles. The number of β-lactam (4-membered cyclic amide) rings is 1. The molecule has 0 atom stereocenters. The summed E-state index contributed by atoms with van der Waals surface area (Å²) in [4.78, 5) is 12.7. The maximum absolute atomic E-state index is 12.9. The highest BCUT2D eigenvalue weighted by Gasteiger charge is 2.28. The number of carbonyl (C=O) groups is 1. The van der Waals surface area contributed by atoms with Crippen LogP contribution in [-0.2, 0) is 4.79 Å². The van der Waals surface area contributed by atoms with Crippen molar-refractivity contribution in [2.75, 3.05) is 17.2 Å². The lowest BCUT2D eigenvalue weighted by Gasteiger charge is -2.32. The Labute approximate surface area is 88.8 Å². The van der Waals surface area contributed by atoms with Crippen molar-refractivity contribution in [3.8, 4) is 0 Å². The van der Waals surface area contributed by atoms with Crippen molar-refractivity contribution in [2.45, 2.75) is 6.42 Å². The van der Waals surface area contributed by atoms with E-state index in [1.807, 2.05) is 0 Å². The van der Waals surface area contributed by atoms with E-state index in [9.17, 15) is 9.18 Å². The zero-order valence-corrected chi connectivity index (χ0v) is 8.84. The Morgan fingerprint density at radius 1 is 1.50 bits per heavy atom. The minimum Gasteiger partial charge on any atom is -0.397 e. The average Bonchev–Trinajstić information content (AvgIpc) is 2.08. The minimum atomic E-state index is -0.411. The lowest BCUT2D eigenvalue weighted by molar-refractivity contribution is -0.122. The van der Waals surface area contributed by atoms with Gasteiger partial charge in [0.25, 0.3) is 0 Å². The Morgan fingerprint density at radius 3 is 2.64 bits per heavy atom. The number of carbonyl (C=O) groups excluding carboxylic acids is 1. The molecule has 1 aliphatic heterocycles. The molecule has 5 heteroatoms. The summed E-state index contributed by atoms with van der Waals surface area (Å²) in [7, 11) is 0. The summed E-state index contributed by atoms with van der Waals surface area (Å²) >= 11 is 3.19. The third-order valence-electron chi connectivity index (χ3n) is 2.18. The molecule has 1 heterocycles. The van der Waals surface area contributed by atoms with Crippen LogP contribution in [0.5, 0.6) is 0 Å². The largest absolute Gasteiger partial charge is 0.397 e. The van der Waals surface area contributed by atoms with Crippen LogP contribution in [0, 0.1) is 5.82 Å². The van der Waals surface area contributed by atoms with E-state index in [2.05, 4.69) is 15.9 Å². The molecule has 0 aromatic heterocycles. The molecular weight excluding hydrogens is 251 g/mol. The van der Waals surface area contributed by atoms with Crippen LogP contribution in [0.4, 0.5) is 15.8 Å². The molecule has 1 aromatic rings. The van der Waals surface area contributed by atoms with Gasteiger partial charge in [-0.1, -0.05) is 0 Å². The number of hydrogen-bond donors (Lipinski definition) is 1. The second-order valence-corrected chi connectivity index (χ2v) is 3.98. The molecule has 3 nitrogen and oxygen atoms in total. The van der Waals surface area contributed by atoms with Crippen molar-refractivity contribution in [2.24, 2.45) is 0 Å². The number of hydrogen-bond acceptors (Lipinski definition) is 2. The zero-order valence-electron chi connectivity index (χ0n) is 7.26. The second-order valence-electron chi connectivity index (χ2n) is 3.12. The number of anilines is 2. The van der Waals surface area contributed by atoms with E-state index >= 15 is 0 Å². The number of rotatable bonds is 1. The minimum absolute atomic E-state index is 0.0176. The molecule has 14 heavy (non-hydrogen) atoms. The number of halogens is 2. The molecule has 1 fully saturated rings. The molecule has 0 radical (unpaired) electrons. The van der Waals surface area contributed by atoms with E-state index in [1.165, 1.54) is 12.1 Å². The molecular formula is C9H8BrFN2O. The van der Waals surface area contributed by atoms with Crippen molar-refractivity contribution in [3.63, 3.8) is 0 Å². The molecule has 2 rings (SSSR count). The van der Waals surface area contributed by atoms with Crippen LogP contribution < -0.4 is 10.6 Å². The maximum atomic E-state index is 12.9. The Balaban J connectivity index is 2.47. The Hall–Kier alpha value is -1.10. The molecule has 0 aliphatic carbocycles. The molecule has 1 saturated heterocycles. The van der Waals surface area contributed by atoms with Gasteiger partial charge in [-0.15, -0.1) is 0 Å². The van der Waals surface area contributed by atoms with Crippen LogP contribution in [0.2, 0.25) is 0 Å². The summed E-state index contributed by atoms with van der Waals surface area (Å²) in [5, 5.41) is 0. The quantitative estimate of drug-likeness (QED) is 0.618. The lowest BCUT2D eigenvalue weighted by Crippen LogP contribution is -2.44. The molecule has 1 aromatic carbocycles. The van der Waals surface area contributed by atoms with Crippen molar-refractivity contribution in [1.82, 2.24) is 0 Å². The monoisotopic (exact) mass is 258 g/mol. The third kappa shape index (κ3) is 1.37. The average molecular weight is 259 g/mol. The van der Waals surface area contributed by atoms with Gasteiger partial charge in [0.2, 0.25) is 5.91 Å². The van der Waals surface area contributed by atoms with Gasteiger partial charge in [0.15, 0.2) is 0 Å². The first-order chi connectivity index (χ1) is 6.59. The smallest absolute Gasteiger partial charge is 0.228 e.